The molecule has 4 aliphatic carbocycles. The summed E-state index contributed by atoms with van der Waals surface area (Å²) in [6.07, 6.45) is 11.8. The van der Waals surface area contributed by atoms with E-state index in [9.17, 15) is 19.8 Å². The Morgan fingerprint density at radius 3 is 2.64 bits per heavy atom. The third-order valence-corrected chi connectivity index (χ3v) is 11.2. The van der Waals surface area contributed by atoms with Crippen LogP contribution in [0, 0.1) is 22.7 Å². The number of allylic oxidation sites excluding steroid dienone is 1. The number of nitrogens with zero attached hydrogens (tertiary/aromatic N) is 1. The Kier molecular flexibility index (Phi) is 5.69. The molecule has 8 atom stereocenters. The molecule has 6 rings (SSSR count). The third-order valence-electron chi connectivity index (χ3n) is 11.2. The summed E-state index contributed by atoms with van der Waals surface area (Å²) in [6, 6.07) is 3.36. The molecular formula is C29H40N2O5. The Hall–Kier alpha value is -2.12. The zero-order valence-electron chi connectivity index (χ0n) is 21.5. The second-order valence-corrected chi connectivity index (χ2v) is 12.7. The second-order valence-electron chi connectivity index (χ2n) is 12.7. The van der Waals surface area contributed by atoms with E-state index in [4.69, 9.17) is 4.42 Å². The van der Waals surface area contributed by atoms with Gasteiger partial charge in [0.05, 0.1) is 18.0 Å². The highest BCUT2D eigenvalue weighted by Crippen LogP contribution is 2.70. The summed E-state index contributed by atoms with van der Waals surface area (Å²) in [6.45, 7) is 5.70. The SMILES string of the molecule is C[C@]12CC[C@H](NC(=O)N3CC[C@H](O)C3)C=C1CC[C@@H]1[C@@H]2CC[C@]2(C)[C@@H](c3ccc(=O)oc3)CC[C@]12O. The van der Waals surface area contributed by atoms with Crippen molar-refractivity contribution in [2.24, 2.45) is 22.7 Å². The number of aliphatic hydroxyl groups is 2. The van der Waals surface area contributed by atoms with E-state index in [2.05, 4.69) is 25.2 Å². The number of nitrogens with one attached hydrogen (secondary N) is 1. The van der Waals surface area contributed by atoms with Gasteiger partial charge in [-0.1, -0.05) is 25.5 Å². The van der Waals surface area contributed by atoms with Crippen molar-refractivity contribution in [1.82, 2.24) is 10.2 Å². The Labute approximate surface area is 212 Å². The molecular weight excluding hydrogens is 456 g/mol. The summed E-state index contributed by atoms with van der Waals surface area (Å²) in [5.74, 6) is 0.900. The molecule has 1 aromatic heterocycles. The average molecular weight is 497 g/mol. The van der Waals surface area contributed by atoms with Crippen LogP contribution >= 0.6 is 0 Å². The predicted molar refractivity (Wildman–Crippen MR) is 135 cm³/mol. The van der Waals surface area contributed by atoms with Gasteiger partial charge in [-0.25, -0.2) is 9.59 Å². The van der Waals surface area contributed by atoms with E-state index in [-0.39, 0.29) is 40.4 Å². The van der Waals surface area contributed by atoms with Crippen LogP contribution in [0.4, 0.5) is 4.79 Å². The molecule has 7 nitrogen and oxygen atoms in total. The lowest BCUT2D eigenvalue weighted by Crippen LogP contribution is -2.60. The molecule has 0 bridgehead atoms. The number of carbonyl (C=O) groups excluding carboxylic acids is 1. The first-order chi connectivity index (χ1) is 17.1. The Bertz CT molecular complexity index is 1110. The van der Waals surface area contributed by atoms with E-state index in [1.807, 2.05) is 6.07 Å². The van der Waals surface area contributed by atoms with Gasteiger partial charge in [0.15, 0.2) is 0 Å². The van der Waals surface area contributed by atoms with Crippen LogP contribution in [0.2, 0.25) is 0 Å². The highest BCUT2D eigenvalue weighted by Gasteiger charge is 2.66. The predicted octanol–water partition coefficient (Wildman–Crippen LogP) is 3.95. The maximum Gasteiger partial charge on any atom is 0.335 e. The highest BCUT2D eigenvalue weighted by atomic mass is 16.4. The third kappa shape index (κ3) is 3.52. The second kappa shape index (κ2) is 8.45. The standard InChI is InChI=1S/C29H40N2O5/c1-27-11-7-20(30-26(34)31-14-10-21(32)16-31)15-19(27)4-5-24-23(27)8-12-28(2)22(9-13-29(24,28)35)18-3-6-25(33)36-17-18/h3,6,15,17,20-24,32,35H,4-5,7-14,16H2,1-2H3,(H,30,34)/t20-,21-,22+,23-,24+,27-,28+,29-/m0/s1. The largest absolute Gasteiger partial charge is 0.431 e. The van der Waals surface area contributed by atoms with Crippen molar-refractivity contribution in [2.75, 3.05) is 13.1 Å². The molecule has 1 aromatic rings. The number of β-amino-alcohol motifs (C(OH)–C–C–N with tert-alkyl or cyclic N) is 1. The Balaban J connectivity index is 1.21. The number of urea groups is 1. The summed E-state index contributed by atoms with van der Waals surface area (Å²) in [4.78, 5) is 26.0. The summed E-state index contributed by atoms with van der Waals surface area (Å²) in [7, 11) is 0. The van der Waals surface area contributed by atoms with Crippen LogP contribution < -0.4 is 10.9 Å². The number of hydrogen-bond donors (Lipinski definition) is 3. The molecule has 1 saturated heterocycles. The van der Waals surface area contributed by atoms with E-state index in [1.165, 1.54) is 11.6 Å². The molecule has 2 heterocycles. The number of likely N-dealkylation sites (tertiary alicyclic amines) is 1. The van der Waals surface area contributed by atoms with Crippen LogP contribution in [0.5, 0.6) is 0 Å². The van der Waals surface area contributed by atoms with Crippen LogP contribution in [-0.4, -0.2) is 52.0 Å². The quantitative estimate of drug-likeness (QED) is 0.538. The highest BCUT2D eigenvalue weighted by molar-refractivity contribution is 5.75. The van der Waals surface area contributed by atoms with Gasteiger partial charge in [-0.05, 0) is 92.6 Å². The fraction of sp³-hybridized carbons (Fsp3) is 0.724. The summed E-state index contributed by atoms with van der Waals surface area (Å²) in [5.41, 5.74) is 1.28. The molecule has 5 aliphatic rings. The summed E-state index contributed by atoms with van der Waals surface area (Å²) < 4.78 is 5.21. The van der Waals surface area contributed by atoms with Crippen LogP contribution in [0.25, 0.3) is 0 Å². The van der Waals surface area contributed by atoms with Crippen molar-refractivity contribution < 1.29 is 19.4 Å². The molecule has 7 heteroatoms. The molecule has 196 valence electrons. The van der Waals surface area contributed by atoms with Crippen molar-refractivity contribution in [2.45, 2.75) is 95.3 Å². The molecule has 36 heavy (non-hydrogen) atoms. The average Bonchev–Trinajstić information content (AvgIpc) is 3.41. The fourth-order valence-electron chi connectivity index (χ4n) is 9.09. The topological polar surface area (TPSA) is 103 Å². The minimum Gasteiger partial charge on any atom is -0.431 e. The van der Waals surface area contributed by atoms with Gasteiger partial charge >= 0.3 is 11.7 Å². The first kappa shape index (κ1) is 24.2. The molecule has 3 saturated carbocycles. The van der Waals surface area contributed by atoms with Gasteiger partial charge in [0.1, 0.15) is 0 Å². The number of aliphatic hydroxyl groups excluding tert-OH is 1. The van der Waals surface area contributed by atoms with Crippen LogP contribution in [-0.2, 0) is 0 Å². The van der Waals surface area contributed by atoms with Gasteiger partial charge in [0, 0.05) is 30.6 Å². The molecule has 3 N–H and O–H groups in total. The molecule has 0 radical (unpaired) electrons. The van der Waals surface area contributed by atoms with Crippen molar-refractivity contribution >= 4 is 6.03 Å². The van der Waals surface area contributed by atoms with Gasteiger partial charge < -0.3 is 24.8 Å². The van der Waals surface area contributed by atoms with Crippen molar-refractivity contribution in [3.63, 3.8) is 0 Å². The van der Waals surface area contributed by atoms with Gasteiger partial charge in [0.25, 0.3) is 0 Å². The van der Waals surface area contributed by atoms with E-state index in [0.29, 0.717) is 25.4 Å². The maximum absolute atomic E-state index is 12.7. The lowest BCUT2D eigenvalue weighted by Gasteiger charge is -2.62. The Morgan fingerprint density at radius 2 is 1.92 bits per heavy atom. The number of amides is 2. The summed E-state index contributed by atoms with van der Waals surface area (Å²) in [5, 5.41) is 25.4. The van der Waals surface area contributed by atoms with Gasteiger partial charge in [-0.2, -0.15) is 0 Å². The lowest BCUT2D eigenvalue weighted by atomic mass is 9.45. The zero-order valence-corrected chi connectivity index (χ0v) is 21.5. The smallest absolute Gasteiger partial charge is 0.335 e. The van der Waals surface area contributed by atoms with Crippen molar-refractivity contribution in [1.29, 1.82) is 0 Å². The van der Waals surface area contributed by atoms with Gasteiger partial charge in [-0.3, -0.25) is 0 Å². The molecule has 0 aromatic carbocycles. The van der Waals surface area contributed by atoms with E-state index in [0.717, 1.165) is 56.9 Å². The molecule has 4 fully saturated rings. The van der Waals surface area contributed by atoms with Crippen LogP contribution in [0.1, 0.15) is 83.1 Å². The fourth-order valence-corrected chi connectivity index (χ4v) is 9.09. The number of carbonyl (C=O) groups is 1. The molecule has 2 amide bonds. The number of hydrogen-bond acceptors (Lipinski definition) is 5. The summed E-state index contributed by atoms with van der Waals surface area (Å²) >= 11 is 0. The van der Waals surface area contributed by atoms with Gasteiger partial charge in [-0.15, -0.1) is 0 Å². The van der Waals surface area contributed by atoms with E-state index in [1.54, 1.807) is 11.2 Å². The molecule has 1 aliphatic heterocycles. The van der Waals surface area contributed by atoms with Crippen LogP contribution in [0.3, 0.4) is 0 Å². The monoisotopic (exact) mass is 496 g/mol. The van der Waals surface area contributed by atoms with Crippen molar-refractivity contribution in [3.05, 3.63) is 46.0 Å². The first-order valence-electron chi connectivity index (χ1n) is 13.9. The number of rotatable bonds is 2. The van der Waals surface area contributed by atoms with E-state index < -0.39 is 11.7 Å². The van der Waals surface area contributed by atoms with Crippen molar-refractivity contribution in [3.8, 4) is 0 Å². The first-order valence-corrected chi connectivity index (χ1v) is 13.9. The lowest BCUT2D eigenvalue weighted by molar-refractivity contribution is -0.177. The maximum atomic E-state index is 12.7. The molecule has 0 unspecified atom stereocenters. The van der Waals surface area contributed by atoms with Crippen LogP contribution in [0.15, 0.2) is 39.3 Å². The minimum absolute atomic E-state index is 0.0374. The minimum atomic E-state index is -0.715. The molecule has 0 spiro atoms. The van der Waals surface area contributed by atoms with Gasteiger partial charge in [0.2, 0.25) is 0 Å². The van der Waals surface area contributed by atoms with E-state index >= 15 is 0 Å². The zero-order chi connectivity index (χ0) is 25.3. The normalized spacial score (nSPS) is 43.8. The Morgan fingerprint density at radius 1 is 1.08 bits per heavy atom. The number of fused-ring (bicyclic) bond motifs is 5.